The van der Waals surface area contributed by atoms with Crippen LogP contribution in [0.5, 0.6) is 0 Å². The van der Waals surface area contributed by atoms with Gasteiger partial charge in [0.1, 0.15) is 11.4 Å². The summed E-state index contributed by atoms with van der Waals surface area (Å²) >= 11 is 0. The predicted molar refractivity (Wildman–Crippen MR) is 71.2 cm³/mol. The predicted octanol–water partition coefficient (Wildman–Crippen LogP) is 2.86. The topological polar surface area (TPSA) is 53.4 Å². The number of aromatic nitrogens is 1. The van der Waals surface area contributed by atoms with E-state index in [-0.39, 0.29) is 0 Å². The van der Waals surface area contributed by atoms with Crippen LogP contribution >= 0.6 is 0 Å². The SMILES string of the molecule is CCC1CCCCN1c1nccc(C)c1C(=O)O. The van der Waals surface area contributed by atoms with Crippen LogP contribution in [0.2, 0.25) is 0 Å². The highest BCUT2D eigenvalue weighted by Gasteiger charge is 2.26. The number of rotatable bonds is 3. The zero-order valence-electron chi connectivity index (χ0n) is 11.0. The van der Waals surface area contributed by atoms with Crippen LogP contribution < -0.4 is 4.90 Å². The van der Waals surface area contributed by atoms with Crippen LogP contribution in [0.25, 0.3) is 0 Å². The lowest BCUT2D eigenvalue weighted by molar-refractivity contribution is 0.0696. The molecule has 2 rings (SSSR count). The van der Waals surface area contributed by atoms with E-state index >= 15 is 0 Å². The number of hydrogen-bond donors (Lipinski definition) is 1. The molecule has 0 radical (unpaired) electrons. The Balaban J connectivity index is 2.42. The molecule has 1 N–H and O–H groups in total. The smallest absolute Gasteiger partial charge is 0.339 e. The number of carbonyl (C=O) groups is 1. The fourth-order valence-electron chi connectivity index (χ4n) is 2.73. The Morgan fingerprint density at radius 2 is 2.33 bits per heavy atom. The molecule has 18 heavy (non-hydrogen) atoms. The second-order valence-corrected chi connectivity index (χ2v) is 4.88. The number of carboxylic acid groups (broad SMARTS) is 1. The molecule has 1 unspecified atom stereocenters. The maximum atomic E-state index is 11.4. The van der Waals surface area contributed by atoms with Crippen LogP contribution in [0.1, 0.15) is 48.5 Å². The van der Waals surface area contributed by atoms with Crippen molar-refractivity contribution in [2.75, 3.05) is 11.4 Å². The highest BCUT2D eigenvalue weighted by Crippen LogP contribution is 2.29. The Morgan fingerprint density at radius 1 is 1.56 bits per heavy atom. The molecular weight excluding hydrogens is 228 g/mol. The van der Waals surface area contributed by atoms with Crippen LogP contribution in [0.4, 0.5) is 5.82 Å². The standard InChI is InChI=1S/C14H20N2O2/c1-3-11-6-4-5-9-16(11)13-12(14(17)18)10(2)7-8-15-13/h7-8,11H,3-6,9H2,1-2H3,(H,17,18). The van der Waals surface area contributed by atoms with Crippen LogP contribution in [0, 0.1) is 6.92 Å². The Kier molecular flexibility index (Phi) is 3.84. The highest BCUT2D eigenvalue weighted by atomic mass is 16.4. The average molecular weight is 248 g/mol. The molecule has 1 aromatic rings. The van der Waals surface area contributed by atoms with Crippen molar-refractivity contribution in [1.82, 2.24) is 4.98 Å². The van der Waals surface area contributed by atoms with E-state index in [1.807, 2.05) is 6.92 Å². The first-order valence-electron chi connectivity index (χ1n) is 6.60. The summed E-state index contributed by atoms with van der Waals surface area (Å²) in [7, 11) is 0. The van der Waals surface area contributed by atoms with E-state index in [9.17, 15) is 9.90 Å². The number of anilines is 1. The number of hydrogen-bond acceptors (Lipinski definition) is 3. The minimum Gasteiger partial charge on any atom is -0.478 e. The number of carboxylic acids is 1. The number of aryl methyl sites for hydroxylation is 1. The monoisotopic (exact) mass is 248 g/mol. The summed E-state index contributed by atoms with van der Waals surface area (Å²) in [5.74, 6) is -0.231. The summed E-state index contributed by atoms with van der Waals surface area (Å²) < 4.78 is 0. The van der Waals surface area contributed by atoms with Gasteiger partial charge in [-0.15, -0.1) is 0 Å². The summed E-state index contributed by atoms with van der Waals surface area (Å²) in [6.07, 6.45) is 6.21. The van der Waals surface area contributed by atoms with Gasteiger partial charge in [0.15, 0.2) is 0 Å². The van der Waals surface area contributed by atoms with Crippen LogP contribution in [0.3, 0.4) is 0 Å². The van der Waals surface area contributed by atoms with Crippen LogP contribution in [0.15, 0.2) is 12.3 Å². The minimum absolute atomic E-state index is 0.359. The number of piperidine rings is 1. The molecule has 2 heterocycles. The highest BCUT2D eigenvalue weighted by molar-refractivity contribution is 5.95. The van der Waals surface area contributed by atoms with Crippen molar-refractivity contribution in [3.05, 3.63) is 23.4 Å². The molecule has 4 heteroatoms. The molecule has 1 aromatic heterocycles. The molecule has 1 saturated heterocycles. The van der Waals surface area contributed by atoms with Gasteiger partial charge in [-0.3, -0.25) is 0 Å². The molecule has 0 saturated carbocycles. The van der Waals surface area contributed by atoms with Crippen molar-refractivity contribution in [3.63, 3.8) is 0 Å². The Labute approximate surface area is 108 Å². The van der Waals surface area contributed by atoms with Gasteiger partial charge in [0.05, 0.1) is 0 Å². The van der Waals surface area contributed by atoms with Crippen LogP contribution in [-0.2, 0) is 0 Å². The molecule has 0 aliphatic carbocycles. The molecule has 1 aliphatic heterocycles. The van der Waals surface area contributed by atoms with Crippen LogP contribution in [-0.4, -0.2) is 28.6 Å². The summed E-state index contributed by atoms with van der Waals surface area (Å²) in [6, 6.07) is 2.18. The fraction of sp³-hybridized carbons (Fsp3) is 0.571. The zero-order valence-corrected chi connectivity index (χ0v) is 11.0. The van der Waals surface area contributed by atoms with E-state index in [4.69, 9.17) is 0 Å². The van der Waals surface area contributed by atoms with E-state index in [1.165, 1.54) is 6.42 Å². The summed E-state index contributed by atoms with van der Waals surface area (Å²) in [6.45, 7) is 4.90. The van der Waals surface area contributed by atoms with Crippen molar-refractivity contribution in [1.29, 1.82) is 0 Å². The lowest BCUT2D eigenvalue weighted by Crippen LogP contribution is -2.40. The van der Waals surface area contributed by atoms with Crippen molar-refractivity contribution in [2.24, 2.45) is 0 Å². The summed E-state index contributed by atoms with van der Waals surface area (Å²) in [5.41, 5.74) is 1.14. The third-order valence-corrected chi connectivity index (χ3v) is 3.72. The maximum absolute atomic E-state index is 11.4. The molecule has 0 aromatic carbocycles. The first-order chi connectivity index (χ1) is 8.65. The quantitative estimate of drug-likeness (QED) is 0.893. The van der Waals surface area contributed by atoms with Gasteiger partial charge in [0.25, 0.3) is 0 Å². The fourth-order valence-corrected chi connectivity index (χ4v) is 2.73. The number of pyridine rings is 1. The Morgan fingerprint density at radius 3 is 3.00 bits per heavy atom. The van der Waals surface area contributed by atoms with E-state index in [2.05, 4.69) is 16.8 Å². The first-order valence-corrected chi connectivity index (χ1v) is 6.60. The van der Waals surface area contributed by atoms with Crippen molar-refractivity contribution >= 4 is 11.8 Å². The van der Waals surface area contributed by atoms with Crippen molar-refractivity contribution in [3.8, 4) is 0 Å². The van der Waals surface area contributed by atoms with Gasteiger partial charge in [-0.1, -0.05) is 6.92 Å². The van der Waals surface area contributed by atoms with Crippen molar-refractivity contribution < 1.29 is 9.90 Å². The molecule has 0 spiro atoms. The second kappa shape index (κ2) is 5.38. The van der Waals surface area contributed by atoms with E-state index in [0.29, 0.717) is 17.4 Å². The molecule has 98 valence electrons. The van der Waals surface area contributed by atoms with E-state index in [1.54, 1.807) is 12.3 Å². The Hall–Kier alpha value is -1.58. The third-order valence-electron chi connectivity index (χ3n) is 3.72. The molecule has 1 atom stereocenters. The molecule has 4 nitrogen and oxygen atoms in total. The average Bonchev–Trinajstić information content (AvgIpc) is 2.38. The zero-order chi connectivity index (χ0) is 13.1. The van der Waals surface area contributed by atoms with Gasteiger partial charge < -0.3 is 10.0 Å². The number of aromatic carboxylic acids is 1. The first kappa shape index (κ1) is 12.9. The van der Waals surface area contributed by atoms with Gasteiger partial charge in [-0.05, 0) is 44.2 Å². The molecule has 1 fully saturated rings. The summed E-state index contributed by atoms with van der Waals surface area (Å²) in [4.78, 5) is 17.9. The van der Waals surface area contributed by atoms with E-state index in [0.717, 1.165) is 31.4 Å². The van der Waals surface area contributed by atoms with Crippen molar-refractivity contribution in [2.45, 2.75) is 45.6 Å². The molecule has 0 amide bonds. The van der Waals surface area contributed by atoms with E-state index < -0.39 is 5.97 Å². The second-order valence-electron chi connectivity index (χ2n) is 4.88. The number of nitrogens with zero attached hydrogens (tertiary/aromatic N) is 2. The molecule has 0 bridgehead atoms. The summed E-state index contributed by atoms with van der Waals surface area (Å²) in [5, 5.41) is 9.37. The van der Waals surface area contributed by atoms with Gasteiger partial charge in [0, 0.05) is 18.8 Å². The lowest BCUT2D eigenvalue weighted by atomic mass is 9.98. The normalized spacial score (nSPS) is 19.9. The molecule has 1 aliphatic rings. The van der Waals surface area contributed by atoms with Gasteiger partial charge in [-0.25, -0.2) is 9.78 Å². The Bertz CT molecular complexity index is 445. The molecular formula is C14H20N2O2. The largest absolute Gasteiger partial charge is 0.478 e. The lowest BCUT2D eigenvalue weighted by Gasteiger charge is -2.37. The maximum Gasteiger partial charge on any atom is 0.339 e. The minimum atomic E-state index is -0.879. The third kappa shape index (κ3) is 2.33. The van der Waals surface area contributed by atoms with Gasteiger partial charge in [0.2, 0.25) is 0 Å². The van der Waals surface area contributed by atoms with Gasteiger partial charge in [-0.2, -0.15) is 0 Å². The van der Waals surface area contributed by atoms with Gasteiger partial charge >= 0.3 is 5.97 Å².